The Morgan fingerprint density at radius 3 is 2.41 bits per heavy atom. The number of amides is 1. The minimum atomic E-state index is -0.815. The largest absolute Gasteiger partial charge is 0.507 e. The Morgan fingerprint density at radius 1 is 1.17 bits per heavy atom. The fraction of sp³-hybridized carbons (Fsp3) is 0.696. The molecule has 0 aliphatic carbocycles. The fourth-order valence-corrected chi connectivity index (χ4v) is 4.61. The first-order valence-corrected chi connectivity index (χ1v) is 10.8. The molecule has 2 aliphatic heterocycles. The van der Waals surface area contributed by atoms with Crippen LogP contribution < -0.4 is 10.6 Å². The quantitative estimate of drug-likeness (QED) is 0.619. The van der Waals surface area contributed by atoms with Crippen LogP contribution in [0, 0.1) is 0 Å². The molecule has 162 valence electrons. The highest BCUT2D eigenvalue weighted by Crippen LogP contribution is 2.39. The lowest BCUT2D eigenvalue weighted by molar-refractivity contribution is -0.197. The molecule has 2 atom stereocenters. The molecule has 2 saturated heterocycles. The first-order chi connectivity index (χ1) is 13.6. The molecule has 0 radical (unpaired) electrons. The third-order valence-electron chi connectivity index (χ3n) is 6.66. The number of nitrogens with one attached hydrogen (secondary N) is 2. The maximum Gasteiger partial charge on any atom is 0.255 e. The van der Waals surface area contributed by atoms with Crippen LogP contribution in [-0.2, 0) is 4.74 Å². The highest BCUT2D eigenvalue weighted by atomic mass is 16.5. The van der Waals surface area contributed by atoms with E-state index >= 15 is 0 Å². The molecule has 0 unspecified atom stereocenters. The van der Waals surface area contributed by atoms with E-state index in [1.807, 2.05) is 26.8 Å². The van der Waals surface area contributed by atoms with E-state index in [0.717, 1.165) is 24.2 Å². The molecule has 6 nitrogen and oxygen atoms in total. The van der Waals surface area contributed by atoms with Gasteiger partial charge in [0.15, 0.2) is 0 Å². The van der Waals surface area contributed by atoms with E-state index in [1.54, 1.807) is 6.07 Å². The van der Waals surface area contributed by atoms with E-state index in [9.17, 15) is 15.0 Å². The number of phenolic OH excluding ortho intramolecular Hbond substituents is 1. The highest BCUT2D eigenvalue weighted by molar-refractivity contribution is 5.98. The van der Waals surface area contributed by atoms with Gasteiger partial charge in [0.1, 0.15) is 11.9 Å². The van der Waals surface area contributed by atoms with Gasteiger partial charge in [0.2, 0.25) is 0 Å². The maximum absolute atomic E-state index is 13.3. The molecule has 0 bridgehead atoms. The number of aliphatic hydroxyl groups is 1. The standard InChI is InChI=1S/C23H36N2O4/c1-14(2)16-12-17(15(3)4)19(26)18(13-16)20(27)25-22(5)8-11-29-23(21(22)28)6-9-24-10-7-23/h12-15,21,24,26,28H,6-11H2,1-5H3,(H,25,27)/t21-,22+/m0/s1. The smallest absolute Gasteiger partial charge is 0.255 e. The first-order valence-electron chi connectivity index (χ1n) is 10.8. The molecule has 4 N–H and O–H groups in total. The van der Waals surface area contributed by atoms with Crippen molar-refractivity contribution in [2.45, 2.75) is 83.0 Å². The van der Waals surface area contributed by atoms with Crippen molar-refractivity contribution in [1.82, 2.24) is 10.6 Å². The van der Waals surface area contributed by atoms with Gasteiger partial charge >= 0.3 is 0 Å². The number of ether oxygens (including phenoxy) is 1. The fourth-order valence-electron chi connectivity index (χ4n) is 4.61. The number of phenols is 1. The van der Waals surface area contributed by atoms with Crippen LogP contribution in [0.25, 0.3) is 0 Å². The van der Waals surface area contributed by atoms with Gasteiger partial charge < -0.3 is 25.6 Å². The molecule has 1 spiro atoms. The van der Waals surface area contributed by atoms with Gasteiger partial charge in [0.25, 0.3) is 5.91 Å². The molecular formula is C23H36N2O4. The summed E-state index contributed by atoms with van der Waals surface area (Å²) < 4.78 is 6.04. The van der Waals surface area contributed by atoms with Gasteiger partial charge in [0, 0.05) is 6.61 Å². The number of aliphatic hydroxyl groups excluding tert-OH is 1. The molecule has 2 aliphatic rings. The maximum atomic E-state index is 13.3. The zero-order valence-corrected chi connectivity index (χ0v) is 18.3. The summed E-state index contributed by atoms with van der Waals surface area (Å²) in [6, 6.07) is 3.76. The predicted molar refractivity (Wildman–Crippen MR) is 114 cm³/mol. The molecule has 1 aromatic carbocycles. The van der Waals surface area contributed by atoms with Crippen molar-refractivity contribution < 1.29 is 19.7 Å². The van der Waals surface area contributed by atoms with Gasteiger partial charge in [-0.1, -0.05) is 33.8 Å². The van der Waals surface area contributed by atoms with Crippen molar-refractivity contribution in [3.8, 4) is 5.75 Å². The van der Waals surface area contributed by atoms with E-state index in [-0.39, 0.29) is 29.1 Å². The number of benzene rings is 1. The lowest BCUT2D eigenvalue weighted by atomic mass is 9.73. The van der Waals surface area contributed by atoms with Gasteiger partial charge in [-0.3, -0.25) is 4.79 Å². The number of rotatable bonds is 4. The van der Waals surface area contributed by atoms with E-state index in [1.165, 1.54) is 0 Å². The second-order valence-electron chi connectivity index (χ2n) is 9.50. The summed E-state index contributed by atoms with van der Waals surface area (Å²) in [6.45, 7) is 12.1. The van der Waals surface area contributed by atoms with Crippen LogP contribution in [0.1, 0.15) is 87.2 Å². The molecular weight excluding hydrogens is 368 g/mol. The highest BCUT2D eigenvalue weighted by Gasteiger charge is 2.53. The molecule has 3 rings (SSSR count). The van der Waals surface area contributed by atoms with Crippen molar-refractivity contribution in [3.63, 3.8) is 0 Å². The molecule has 6 heteroatoms. The molecule has 29 heavy (non-hydrogen) atoms. The second-order valence-corrected chi connectivity index (χ2v) is 9.50. The summed E-state index contributed by atoms with van der Waals surface area (Å²) in [5.41, 5.74) is 0.624. The van der Waals surface area contributed by atoms with Crippen LogP contribution in [0.3, 0.4) is 0 Å². The van der Waals surface area contributed by atoms with Gasteiger partial charge in [-0.15, -0.1) is 0 Å². The third kappa shape index (κ3) is 4.16. The lowest BCUT2D eigenvalue weighted by Crippen LogP contribution is -2.69. The minimum absolute atomic E-state index is 0.0311. The number of hydrogen-bond donors (Lipinski definition) is 4. The molecule has 0 saturated carbocycles. The Kier molecular flexibility index (Phi) is 6.27. The van der Waals surface area contributed by atoms with Crippen LogP contribution in [0.4, 0.5) is 0 Å². The van der Waals surface area contributed by atoms with Crippen molar-refractivity contribution in [3.05, 3.63) is 28.8 Å². The summed E-state index contributed by atoms with van der Waals surface area (Å²) in [6.07, 6.45) is 1.14. The molecule has 2 heterocycles. The summed E-state index contributed by atoms with van der Waals surface area (Å²) in [4.78, 5) is 13.3. The summed E-state index contributed by atoms with van der Waals surface area (Å²) in [5.74, 6) is 0.0208. The van der Waals surface area contributed by atoms with Crippen molar-refractivity contribution >= 4 is 5.91 Å². The Bertz CT molecular complexity index is 750. The van der Waals surface area contributed by atoms with E-state index in [4.69, 9.17) is 4.74 Å². The van der Waals surface area contributed by atoms with Crippen molar-refractivity contribution in [2.75, 3.05) is 19.7 Å². The zero-order valence-electron chi connectivity index (χ0n) is 18.3. The zero-order chi connectivity index (χ0) is 21.4. The Balaban J connectivity index is 1.91. The number of hydrogen-bond acceptors (Lipinski definition) is 5. The number of carbonyl (C=O) groups is 1. The number of carbonyl (C=O) groups excluding carboxylic acids is 1. The average Bonchev–Trinajstić information content (AvgIpc) is 2.66. The van der Waals surface area contributed by atoms with Crippen LogP contribution in [-0.4, -0.2) is 53.1 Å². The van der Waals surface area contributed by atoms with Crippen LogP contribution in [0.15, 0.2) is 12.1 Å². The van der Waals surface area contributed by atoms with Gasteiger partial charge in [0.05, 0.1) is 16.7 Å². The van der Waals surface area contributed by atoms with E-state index in [2.05, 4.69) is 24.5 Å². The topological polar surface area (TPSA) is 90.8 Å². The molecule has 1 amide bonds. The monoisotopic (exact) mass is 404 g/mol. The van der Waals surface area contributed by atoms with Crippen LogP contribution in [0.5, 0.6) is 5.75 Å². The van der Waals surface area contributed by atoms with Gasteiger partial charge in [-0.25, -0.2) is 0 Å². The predicted octanol–water partition coefficient (Wildman–Crippen LogP) is 3.03. The normalized spacial score (nSPS) is 26.8. The van der Waals surface area contributed by atoms with E-state index < -0.39 is 17.2 Å². The van der Waals surface area contributed by atoms with Gasteiger partial charge in [-0.05, 0) is 68.3 Å². The van der Waals surface area contributed by atoms with Crippen molar-refractivity contribution in [1.29, 1.82) is 0 Å². The van der Waals surface area contributed by atoms with Crippen LogP contribution >= 0.6 is 0 Å². The first kappa shape index (κ1) is 22.1. The van der Waals surface area contributed by atoms with Gasteiger partial charge in [-0.2, -0.15) is 0 Å². The summed E-state index contributed by atoms with van der Waals surface area (Å²) in [5, 5.41) is 28.4. The van der Waals surface area contributed by atoms with Crippen molar-refractivity contribution in [2.24, 2.45) is 0 Å². The third-order valence-corrected chi connectivity index (χ3v) is 6.66. The van der Waals surface area contributed by atoms with Crippen LogP contribution in [0.2, 0.25) is 0 Å². The Hall–Kier alpha value is -1.63. The Morgan fingerprint density at radius 2 is 1.83 bits per heavy atom. The second kappa shape index (κ2) is 8.25. The molecule has 1 aromatic rings. The summed E-state index contributed by atoms with van der Waals surface area (Å²) >= 11 is 0. The molecule has 2 fully saturated rings. The number of piperidine rings is 1. The Labute approximate surface area is 174 Å². The number of aromatic hydroxyl groups is 1. The minimum Gasteiger partial charge on any atom is -0.507 e. The molecule has 0 aromatic heterocycles. The summed E-state index contributed by atoms with van der Waals surface area (Å²) in [7, 11) is 0. The average molecular weight is 405 g/mol. The SMILES string of the molecule is CC(C)c1cc(C(=O)N[C@]2(C)CCOC3(CCNCC3)[C@H]2O)c(O)c(C(C)C)c1. The lowest BCUT2D eigenvalue weighted by Gasteiger charge is -2.52. The van der Waals surface area contributed by atoms with E-state index in [0.29, 0.717) is 25.9 Å².